The van der Waals surface area contributed by atoms with E-state index in [2.05, 4.69) is 15.8 Å². The summed E-state index contributed by atoms with van der Waals surface area (Å²) < 4.78 is 25.7. The maximum Gasteiger partial charge on any atom is 0.411 e. The number of carbonyl (C=O) groups excluding carboxylic acids is 2. The lowest BCUT2D eigenvalue weighted by molar-refractivity contribution is -0.122. The van der Waals surface area contributed by atoms with Crippen LogP contribution in [0.4, 0.5) is 20.6 Å². The molecule has 1 saturated heterocycles. The van der Waals surface area contributed by atoms with Crippen LogP contribution in [0.15, 0.2) is 17.2 Å². The molecule has 0 saturated carbocycles. The van der Waals surface area contributed by atoms with E-state index in [4.69, 9.17) is 9.47 Å². The van der Waals surface area contributed by atoms with E-state index in [9.17, 15) is 14.0 Å². The highest BCUT2D eigenvalue weighted by Crippen LogP contribution is 2.39. The van der Waals surface area contributed by atoms with Gasteiger partial charge >= 0.3 is 6.09 Å². The zero-order valence-corrected chi connectivity index (χ0v) is 16.8. The van der Waals surface area contributed by atoms with Crippen molar-refractivity contribution in [2.45, 2.75) is 51.9 Å². The summed E-state index contributed by atoms with van der Waals surface area (Å²) in [5.41, 5.74) is 2.61. The highest BCUT2D eigenvalue weighted by Gasteiger charge is 2.38. The van der Waals surface area contributed by atoms with Crippen molar-refractivity contribution in [1.29, 1.82) is 0 Å². The lowest BCUT2D eigenvalue weighted by Gasteiger charge is -2.42. The number of hydrogen-bond donors (Lipinski definition) is 2. The third-order valence-electron chi connectivity index (χ3n) is 4.97. The Bertz CT molecular complexity index is 897. The summed E-state index contributed by atoms with van der Waals surface area (Å²) in [6.45, 7) is 7.80. The van der Waals surface area contributed by atoms with E-state index in [1.165, 1.54) is 11.0 Å². The van der Waals surface area contributed by atoms with Crippen molar-refractivity contribution in [2.75, 3.05) is 23.4 Å². The summed E-state index contributed by atoms with van der Waals surface area (Å²) in [6, 6.07) is 2.36. The zero-order chi connectivity index (χ0) is 20.9. The van der Waals surface area contributed by atoms with Gasteiger partial charge in [0.25, 0.3) is 5.91 Å². The number of ether oxygens (including phenoxy) is 2. The number of nitrogens with one attached hydrogen (secondary N) is 2. The number of benzene rings is 1. The van der Waals surface area contributed by atoms with E-state index in [0.29, 0.717) is 30.2 Å². The molecule has 1 unspecified atom stereocenters. The molecule has 9 nitrogen and oxygen atoms in total. The van der Waals surface area contributed by atoms with Crippen LogP contribution in [0.2, 0.25) is 0 Å². The van der Waals surface area contributed by atoms with E-state index in [0.717, 1.165) is 0 Å². The molecule has 29 heavy (non-hydrogen) atoms. The minimum Gasteiger partial charge on any atom is -0.483 e. The van der Waals surface area contributed by atoms with Crippen molar-refractivity contribution in [3.05, 3.63) is 17.9 Å². The van der Waals surface area contributed by atoms with E-state index >= 15 is 0 Å². The molecule has 1 fully saturated rings. The van der Waals surface area contributed by atoms with Gasteiger partial charge in [0.1, 0.15) is 36.0 Å². The highest BCUT2D eigenvalue weighted by atomic mass is 19.1. The van der Waals surface area contributed by atoms with Crippen molar-refractivity contribution in [1.82, 2.24) is 10.3 Å². The molecule has 0 aliphatic carbocycles. The van der Waals surface area contributed by atoms with Gasteiger partial charge in [-0.2, -0.15) is 5.10 Å². The molecule has 0 aromatic heterocycles. The Morgan fingerprint density at radius 1 is 1.41 bits per heavy atom. The van der Waals surface area contributed by atoms with Crippen molar-refractivity contribution < 1.29 is 23.5 Å². The van der Waals surface area contributed by atoms with Gasteiger partial charge in [0, 0.05) is 19.0 Å². The number of halogens is 1. The summed E-state index contributed by atoms with van der Waals surface area (Å²) in [6.07, 6.45) is -0.155. The molecule has 0 spiro atoms. The van der Waals surface area contributed by atoms with Crippen LogP contribution in [-0.4, -0.2) is 53.7 Å². The van der Waals surface area contributed by atoms with Gasteiger partial charge in [0.15, 0.2) is 5.84 Å². The lowest BCUT2D eigenvalue weighted by atomic mass is 10.1. The third kappa shape index (κ3) is 3.54. The van der Waals surface area contributed by atoms with Crippen molar-refractivity contribution in [3.8, 4) is 5.75 Å². The molecule has 0 bridgehead atoms. The average Bonchev–Trinajstić information content (AvgIpc) is 2.60. The zero-order valence-electron chi connectivity index (χ0n) is 16.8. The number of fused-ring (bicyclic) bond motifs is 3. The molecule has 2 amide bonds. The molecule has 3 aliphatic rings. The third-order valence-corrected chi connectivity index (χ3v) is 4.97. The second-order valence-corrected chi connectivity index (χ2v) is 8.26. The summed E-state index contributed by atoms with van der Waals surface area (Å²) in [4.78, 5) is 27.6. The van der Waals surface area contributed by atoms with Crippen LogP contribution in [0.25, 0.3) is 0 Å². The van der Waals surface area contributed by atoms with Gasteiger partial charge in [0.2, 0.25) is 0 Å². The number of hydrazone groups is 1. The van der Waals surface area contributed by atoms with Crippen LogP contribution in [0, 0.1) is 5.82 Å². The summed E-state index contributed by atoms with van der Waals surface area (Å²) in [5.74, 6) is 0.122. The SMILES string of the molecule is C[C@H]1C(=O)NN=C2COc3cc(F)c(NC4CCN4C(=O)OC(C)(C)C)cc3N21. The number of hydrogen-bond acceptors (Lipinski definition) is 7. The first-order valence-corrected chi connectivity index (χ1v) is 9.52. The Morgan fingerprint density at radius 2 is 2.17 bits per heavy atom. The standard InChI is InChI=1S/C19H24FN5O4/c1-10-17(26)23-22-16-9-28-14-7-11(20)12(8-13(14)25(10)16)21-15-5-6-24(15)18(27)29-19(2,3)4/h7-8,10,15,21H,5-6,9H2,1-4H3,(H,23,26)/t10-,15?/m0/s1. The molecular weight excluding hydrogens is 381 g/mol. The number of rotatable bonds is 2. The molecule has 1 aromatic carbocycles. The smallest absolute Gasteiger partial charge is 0.411 e. The molecule has 2 N–H and O–H groups in total. The first-order chi connectivity index (χ1) is 13.6. The number of amides is 2. The number of anilines is 2. The second-order valence-electron chi connectivity index (χ2n) is 8.26. The van der Waals surface area contributed by atoms with Gasteiger partial charge < -0.3 is 19.7 Å². The summed E-state index contributed by atoms with van der Waals surface area (Å²) in [7, 11) is 0. The Kier molecular flexibility index (Phi) is 4.51. The maximum atomic E-state index is 14.7. The van der Waals surface area contributed by atoms with Crippen LogP contribution < -0.4 is 20.4 Å². The quantitative estimate of drug-likeness (QED) is 0.784. The number of amidine groups is 1. The number of carbonyl (C=O) groups is 2. The first kappa shape index (κ1) is 19.3. The Balaban J connectivity index is 1.57. The molecule has 2 atom stereocenters. The van der Waals surface area contributed by atoms with Crippen LogP contribution in [0.5, 0.6) is 5.75 Å². The predicted molar refractivity (Wildman–Crippen MR) is 104 cm³/mol. The number of likely N-dealkylation sites (tertiary alicyclic amines) is 1. The van der Waals surface area contributed by atoms with Crippen LogP contribution >= 0.6 is 0 Å². The molecule has 10 heteroatoms. The van der Waals surface area contributed by atoms with Gasteiger partial charge in [-0.05, 0) is 33.8 Å². The summed E-state index contributed by atoms with van der Waals surface area (Å²) >= 11 is 0. The van der Waals surface area contributed by atoms with Gasteiger partial charge in [-0.3, -0.25) is 9.69 Å². The Morgan fingerprint density at radius 3 is 2.83 bits per heavy atom. The van der Waals surface area contributed by atoms with Gasteiger partial charge in [-0.25, -0.2) is 14.6 Å². The topological polar surface area (TPSA) is 95.5 Å². The van der Waals surface area contributed by atoms with Crippen molar-refractivity contribution >= 4 is 29.2 Å². The second kappa shape index (κ2) is 6.78. The van der Waals surface area contributed by atoms with Crippen LogP contribution in [-0.2, 0) is 9.53 Å². The monoisotopic (exact) mass is 405 g/mol. The van der Waals surface area contributed by atoms with Gasteiger partial charge in [0.05, 0.1) is 11.4 Å². The molecule has 4 rings (SSSR count). The fourth-order valence-corrected chi connectivity index (χ4v) is 3.41. The maximum absolute atomic E-state index is 14.7. The van der Waals surface area contributed by atoms with E-state index < -0.39 is 23.6 Å². The molecule has 1 aromatic rings. The van der Waals surface area contributed by atoms with Gasteiger partial charge in [-0.15, -0.1) is 0 Å². The van der Waals surface area contributed by atoms with E-state index in [1.807, 2.05) is 0 Å². The predicted octanol–water partition coefficient (Wildman–Crippen LogP) is 2.24. The summed E-state index contributed by atoms with van der Waals surface area (Å²) in [5, 5.41) is 7.09. The molecule has 3 aliphatic heterocycles. The van der Waals surface area contributed by atoms with Crippen LogP contribution in [0.3, 0.4) is 0 Å². The van der Waals surface area contributed by atoms with E-state index in [1.54, 1.807) is 38.7 Å². The average molecular weight is 405 g/mol. The molecule has 156 valence electrons. The molecular formula is C19H24FN5O4. The minimum absolute atomic E-state index is 0.138. The fraction of sp³-hybridized carbons (Fsp3) is 0.526. The number of nitrogens with zero attached hydrogens (tertiary/aromatic N) is 3. The minimum atomic E-state index is -0.605. The fourth-order valence-electron chi connectivity index (χ4n) is 3.41. The highest BCUT2D eigenvalue weighted by molar-refractivity contribution is 6.09. The van der Waals surface area contributed by atoms with Crippen molar-refractivity contribution in [3.63, 3.8) is 0 Å². The Labute approximate surface area is 167 Å². The van der Waals surface area contributed by atoms with E-state index in [-0.39, 0.29) is 24.4 Å². The van der Waals surface area contributed by atoms with Crippen LogP contribution in [0.1, 0.15) is 34.1 Å². The Hall–Kier alpha value is -3.04. The largest absolute Gasteiger partial charge is 0.483 e. The normalized spacial score (nSPS) is 23.1. The van der Waals surface area contributed by atoms with Gasteiger partial charge in [-0.1, -0.05) is 0 Å². The molecule has 3 heterocycles. The molecule has 0 radical (unpaired) electrons. The lowest BCUT2D eigenvalue weighted by Crippen LogP contribution is -2.56. The first-order valence-electron chi connectivity index (χ1n) is 9.52. The van der Waals surface area contributed by atoms with Crippen molar-refractivity contribution in [2.24, 2.45) is 5.10 Å².